The number of carboxylic acid groups (broad SMARTS) is 2. The first-order valence-corrected chi connectivity index (χ1v) is 6.35. The second-order valence-electron chi connectivity index (χ2n) is 3.53. The molecule has 0 bridgehead atoms. The molecular weight excluding hydrogens is 248 g/mol. The molecule has 6 nitrogen and oxygen atoms in total. The van der Waals surface area contributed by atoms with E-state index in [1.807, 2.05) is 0 Å². The fraction of sp³-hybridized carbons (Fsp3) is 0.200. The minimum atomic E-state index is -3.66. The van der Waals surface area contributed by atoms with Crippen LogP contribution in [-0.4, -0.2) is 36.8 Å². The summed E-state index contributed by atoms with van der Waals surface area (Å²) in [5.41, 5.74) is -0.631. The third kappa shape index (κ3) is 2.62. The van der Waals surface area contributed by atoms with E-state index in [0.717, 1.165) is 18.4 Å². The third-order valence-electron chi connectivity index (χ3n) is 2.27. The van der Waals surface area contributed by atoms with Gasteiger partial charge in [-0.2, -0.15) is 0 Å². The highest BCUT2D eigenvalue weighted by molar-refractivity contribution is 7.90. The first-order valence-electron chi connectivity index (χ1n) is 4.46. The normalized spacial score (nSPS) is 11.2. The lowest BCUT2D eigenvalue weighted by Crippen LogP contribution is -2.10. The molecule has 0 aliphatic heterocycles. The smallest absolute Gasteiger partial charge is 0.336 e. The highest BCUT2D eigenvalue weighted by Crippen LogP contribution is 2.20. The maximum absolute atomic E-state index is 11.3. The predicted molar refractivity (Wildman–Crippen MR) is 58.2 cm³/mol. The SMILES string of the molecule is Cc1c(C(=O)O)cc(S(C)(=O)=O)cc1C(=O)O. The fourth-order valence-corrected chi connectivity index (χ4v) is 2.01. The second-order valence-corrected chi connectivity index (χ2v) is 5.54. The summed E-state index contributed by atoms with van der Waals surface area (Å²) in [5.74, 6) is -2.73. The van der Waals surface area contributed by atoms with E-state index in [0.29, 0.717) is 0 Å². The summed E-state index contributed by atoms with van der Waals surface area (Å²) in [5, 5.41) is 17.7. The van der Waals surface area contributed by atoms with Gasteiger partial charge in [-0.25, -0.2) is 18.0 Å². The molecule has 1 rings (SSSR count). The second kappa shape index (κ2) is 4.17. The predicted octanol–water partition coefficient (Wildman–Crippen LogP) is 0.795. The Morgan fingerprint density at radius 3 is 1.65 bits per heavy atom. The van der Waals surface area contributed by atoms with E-state index in [2.05, 4.69) is 0 Å². The Bertz CT molecular complexity index is 564. The zero-order chi connectivity index (χ0) is 13.4. The minimum Gasteiger partial charge on any atom is -0.478 e. The van der Waals surface area contributed by atoms with Crippen LogP contribution in [0.2, 0.25) is 0 Å². The van der Waals surface area contributed by atoms with Gasteiger partial charge in [0.05, 0.1) is 16.0 Å². The van der Waals surface area contributed by atoms with Gasteiger partial charge in [-0.1, -0.05) is 0 Å². The molecule has 0 heterocycles. The average Bonchev–Trinajstić information content (AvgIpc) is 2.14. The molecule has 0 radical (unpaired) electrons. The van der Waals surface area contributed by atoms with E-state index in [4.69, 9.17) is 10.2 Å². The zero-order valence-electron chi connectivity index (χ0n) is 9.09. The van der Waals surface area contributed by atoms with Gasteiger partial charge < -0.3 is 10.2 Å². The Balaban J connectivity index is 3.71. The quantitative estimate of drug-likeness (QED) is 0.829. The molecule has 0 aliphatic rings. The Morgan fingerprint density at radius 2 is 1.41 bits per heavy atom. The average molecular weight is 258 g/mol. The highest BCUT2D eigenvalue weighted by atomic mass is 32.2. The molecule has 0 atom stereocenters. The number of carboxylic acids is 2. The Morgan fingerprint density at radius 1 is 1.06 bits per heavy atom. The van der Waals surface area contributed by atoms with Crippen molar-refractivity contribution in [3.63, 3.8) is 0 Å². The van der Waals surface area contributed by atoms with Gasteiger partial charge in [0, 0.05) is 6.26 Å². The molecule has 1 aromatic rings. The van der Waals surface area contributed by atoms with Crippen LogP contribution in [0.15, 0.2) is 17.0 Å². The zero-order valence-corrected chi connectivity index (χ0v) is 9.91. The fourth-order valence-electron chi connectivity index (χ4n) is 1.35. The number of sulfone groups is 1. The van der Waals surface area contributed by atoms with Gasteiger partial charge in [-0.3, -0.25) is 0 Å². The molecule has 0 saturated heterocycles. The summed E-state index contributed by atoms with van der Waals surface area (Å²) in [6.07, 6.45) is 0.884. The molecule has 7 heteroatoms. The van der Waals surface area contributed by atoms with Crippen LogP contribution in [-0.2, 0) is 9.84 Å². The van der Waals surface area contributed by atoms with Crippen molar-refractivity contribution in [2.24, 2.45) is 0 Å². The molecule has 0 fully saturated rings. The molecule has 0 unspecified atom stereocenters. The standard InChI is InChI=1S/C10H10O6S/c1-5-7(9(11)12)3-6(17(2,15)16)4-8(5)10(13)14/h3-4H,1-2H3,(H,11,12)(H,13,14). The molecule has 0 saturated carbocycles. The summed E-state index contributed by atoms with van der Waals surface area (Å²) >= 11 is 0. The van der Waals surface area contributed by atoms with E-state index in [1.54, 1.807) is 0 Å². The van der Waals surface area contributed by atoms with Gasteiger partial charge in [-0.15, -0.1) is 0 Å². The van der Waals surface area contributed by atoms with Crippen molar-refractivity contribution in [3.8, 4) is 0 Å². The number of hydrogen-bond acceptors (Lipinski definition) is 4. The van der Waals surface area contributed by atoms with Crippen LogP contribution in [0.3, 0.4) is 0 Å². The molecule has 0 spiro atoms. The number of benzene rings is 1. The third-order valence-corrected chi connectivity index (χ3v) is 3.36. The lowest BCUT2D eigenvalue weighted by atomic mass is 10.0. The summed E-state index contributed by atoms with van der Waals surface area (Å²) in [6, 6.07) is 1.92. The number of rotatable bonds is 3. The maximum Gasteiger partial charge on any atom is 0.336 e. The lowest BCUT2D eigenvalue weighted by Gasteiger charge is -2.08. The number of aromatic carboxylic acids is 2. The van der Waals surface area contributed by atoms with Crippen LogP contribution >= 0.6 is 0 Å². The van der Waals surface area contributed by atoms with Crippen molar-refractivity contribution in [1.29, 1.82) is 0 Å². The van der Waals surface area contributed by atoms with E-state index in [-0.39, 0.29) is 21.6 Å². The van der Waals surface area contributed by atoms with Crippen molar-refractivity contribution < 1.29 is 28.2 Å². The van der Waals surface area contributed by atoms with Crippen LogP contribution in [0.1, 0.15) is 26.3 Å². The Labute approximate surface area is 97.4 Å². The van der Waals surface area contributed by atoms with Crippen molar-refractivity contribution in [2.75, 3.05) is 6.26 Å². The van der Waals surface area contributed by atoms with Gasteiger partial charge >= 0.3 is 11.9 Å². The molecule has 92 valence electrons. The minimum absolute atomic E-state index is 0.0254. The van der Waals surface area contributed by atoms with Crippen molar-refractivity contribution in [3.05, 3.63) is 28.8 Å². The van der Waals surface area contributed by atoms with Gasteiger partial charge in [0.15, 0.2) is 9.84 Å². The largest absolute Gasteiger partial charge is 0.478 e. The summed E-state index contributed by atoms with van der Waals surface area (Å²) in [4.78, 5) is 21.5. The van der Waals surface area contributed by atoms with E-state index in [9.17, 15) is 18.0 Å². The number of hydrogen-bond donors (Lipinski definition) is 2. The van der Waals surface area contributed by atoms with Crippen LogP contribution in [0.5, 0.6) is 0 Å². The molecule has 2 N–H and O–H groups in total. The Hall–Kier alpha value is -1.89. The van der Waals surface area contributed by atoms with Gasteiger partial charge in [0.25, 0.3) is 0 Å². The van der Waals surface area contributed by atoms with Crippen LogP contribution in [0.4, 0.5) is 0 Å². The van der Waals surface area contributed by atoms with Crippen LogP contribution in [0.25, 0.3) is 0 Å². The summed E-state index contributed by atoms with van der Waals surface area (Å²) in [7, 11) is -3.66. The first-order chi connectivity index (χ1) is 7.64. The highest BCUT2D eigenvalue weighted by Gasteiger charge is 2.20. The van der Waals surface area contributed by atoms with E-state index < -0.39 is 21.8 Å². The van der Waals surface area contributed by atoms with Crippen molar-refractivity contribution >= 4 is 21.8 Å². The van der Waals surface area contributed by atoms with Gasteiger partial charge in [0.2, 0.25) is 0 Å². The molecule has 0 amide bonds. The van der Waals surface area contributed by atoms with Crippen molar-refractivity contribution in [2.45, 2.75) is 11.8 Å². The van der Waals surface area contributed by atoms with Crippen molar-refractivity contribution in [1.82, 2.24) is 0 Å². The molecule has 0 aliphatic carbocycles. The lowest BCUT2D eigenvalue weighted by molar-refractivity contribution is 0.0696. The molecule has 0 aromatic heterocycles. The topological polar surface area (TPSA) is 109 Å². The Kier molecular flexibility index (Phi) is 3.23. The van der Waals surface area contributed by atoms with Crippen LogP contribution < -0.4 is 0 Å². The first kappa shape index (κ1) is 13.2. The van der Waals surface area contributed by atoms with Crippen LogP contribution in [0, 0.1) is 6.92 Å². The molecule has 17 heavy (non-hydrogen) atoms. The summed E-state index contributed by atoms with van der Waals surface area (Å²) in [6.45, 7) is 1.32. The monoisotopic (exact) mass is 258 g/mol. The molecular formula is C10H10O6S. The molecule has 1 aromatic carbocycles. The maximum atomic E-state index is 11.3. The number of carbonyl (C=O) groups is 2. The van der Waals surface area contributed by atoms with E-state index >= 15 is 0 Å². The van der Waals surface area contributed by atoms with E-state index in [1.165, 1.54) is 6.92 Å². The summed E-state index contributed by atoms with van der Waals surface area (Å²) < 4.78 is 22.6. The van der Waals surface area contributed by atoms with Gasteiger partial charge in [0.1, 0.15) is 0 Å². The van der Waals surface area contributed by atoms with Gasteiger partial charge in [-0.05, 0) is 24.6 Å².